The lowest BCUT2D eigenvalue weighted by molar-refractivity contribution is 0.358. The smallest absolute Gasteiger partial charge is 0.124 e. The van der Waals surface area contributed by atoms with Gasteiger partial charge >= 0.3 is 0 Å². The lowest BCUT2D eigenvalue weighted by Gasteiger charge is -2.12. The zero-order chi connectivity index (χ0) is 14.2. The first kappa shape index (κ1) is 14.4. The highest BCUT2D eigenvalue weighted by Gasteiger charge is 2.02. The fourth-order valence-corrected chi connectivity index (χ4v) is 2.08. The van der Waals surface area contributed by atoms with Crippen LogP contribution in [0.3, 0.4) is 0 Å². The van der Waals surface area contributed by atoms with Gasteiger partial charge in [-0.25, -0.2) is 0 Å². The van der Waals surface area contributed by atoms with Crippen molar-refractivity contribution in [3.63, 3.8) is 0 Å². The minimum Gasteiger partial charge on any atom is -0.489 e. The molecule has 0 aliphatic carbocycles. The molecule has 0 unspecified atom stereocenters. The summed E-state index contributed by atoms with van der Waals surface area (Å²) in [6.45, 7) is 8.01. The Morgan fingerprint density at radius 2 is 1.65 bits per heavy atom. The van der Waals surface area contributed by atoms with Gasteiger partial charge in [0.25, 0.3) is 0 Å². The van der Waals surface area contributed by atoms with E-state index >= 15 is 0 Å². The highest BCUT2D eigenvalue weighted by Crippen LogP contribution is 2.18. The molecule has 0 spiro atoms. The first-order chi connectivity index (χ1) is 9.81. The third-order valence-corrected chi connectivity index (χ3v) is 3.22. The SMILES string of the molecule is C=CCOc1ccccc1CNCc1ccccc1C. The summed E-state index contributed by atoms with van der Waals surface area (Å²) < 4.78 is 5.65. The number of benzene rings is 2. The van der Waals surface area contributed by atoms with Gasteiger partial charge in [0.2, 0.25) is 0 Å². The van der Waals surface area contributed by atoms with E-state index in [1.54, 1.807) is 6.08 Å². The Bertz CT molecular complexity index is 563. The standard InChI is InChI=1S/C18H21NO/c1-3-12-20-18-11-7-6-10-17(18)14-19-13-16-9-5-4-8-15(16)2/h3-11,19H,1,12-14H2,2H3. The molecule has 0 amide bonds. The van der Waals surface area contributed by atoms with Gasteiger partial charge in [-0.1, -0.05) is 55.1 Å². The molecule has 0 aliphatic rings. The van der Waals surface area contributed by atoms with Crippen LogP contribution in [-0.4, -0.2) is 6.61 Å². The summed E-state index contributed by atoms with van der Waals surface area (Å²) in [5.41, 5.74) is 3.82. The van der Waals surface area contributed by atoms with Gasteiger partial charge in [-0.2, -0.15) is 0 Å². The zero-order valence-electron chi connectivity index (χ0n) is 11.9. The van der Waals surface area contributed by atoms with Gasteiger partial charge in [0, 0.05) is 18.7 Å². The van der Waals surface area contributed by atoms with E-state index in [1.165, 1.54) is 16.7 Å². The molecule has 0 atom stereocenters. The molecule has 0 radical (unpaired) electrons. The van der Waals surface area contributed by atoms with Gasteiger partial charge < -0.3 is 10.1 Å². The lowest BCUT2D eigenvalue weighted by atomic mass is 10.1. The number of hydrogen-bond acceptors (Lipinski definition) is 2. The molecule has 0 saturated carbocycles. The Labute approximate surface area is 121 Å². The molecule has 20 heavy (non-hydrogen) atoms. The van der Waals surface area contributed by atoms with E-state index in [0.717, 1.165) is 18.8 Å². The molecule has 0 bridgehead atoms. The van der Waals surface area contributed by atoms with Gasteiger partial charge in [-0.05, 0) is 24.1 Å². The Kier molecular flexibility index (Phi) is 5.39. The maximum absolute atomic E-state index is 5.65. The summed E-state index contributed by atoms with van der Waals surface area (Å²) in [7, 11) is 0. The summed E-state index contributed by atoms with van der Waals surface area (Å²) in [6.07, 6.45) is 1.76. The monoisotopic (exact) mass is 267 g/mol. The van der Waals surface area contributed by atoms with Crippen molar-refractivity contribution >= 4 is 0 Å². The van der Waals surface area contributed by atoms with Crippen molar-refractivity contribution in [2.75, 3.05) is 6.61 Å². The second-order valence-corrected chi connectivity index (χ2v) is 4.74. The van der Waals surface area contributed by atoms with E-state index in [9.17, 15) is 0 Å². The summed E-state index contributed by atoms with van der Waals surface area (Å²) in [5.74, 6) is 0.921. The van der Waals surface area contributed by atoms with E-state index in [2.05, 4.69) is 49.2 Å². The number of hydrogen-bond donors (Lipinski definition) is 1. The zero-order valence-corrected chi connectivity index (χ0v) is 11.9. The first-order valence-corrected chi connectivity index (χ1v) is 6.88. The molecule has 2 aromatic carbocycles. The fraction of sp³-hybridized carbons (Fsp3) is 0.222. The molecule has 2 aromatic rings. The second-order valence-electron chi connectivity index (χ2n) is 4.74. The third kappa shape index (κ3) is 3.97. The second kappa shape index (κ2) is 7.51. The highest BCUT2D eigenvalue weighted by atomic mass is 16.5. The molecule has 0 fully saturated rings. The van der Waals surface area contributed by atoms with Gasteiger partial charge in [0.05, 0.1) is 0 Å². The molecule has 104 valence electrons. The largest absolute Gasteiger partial charge is 0.489 e. The minimum atomic E-state index is 0.537. The van der Waals surface area contributed by atoms with Crippen LogP contribution in [0.25, 0.3) is 0 Å². The predicted molar refractivity (Wildman–Crippen MR) is 83.9 cm³/mol. The number of rotatable bonds is 7. The molecular formula is C18H21NO. The van der Waals surface area contributed by atoms with Crippen LogP contribution in [0.4, 0.5) is 0 Å². The van der Waals surface area contributed by atoms with Crippen LogP contribution in [0.15, 0.2) is 61.2 Å². The maximum Gasteiger partial charge on any atom is 0.124 e. The lowest BCUT2D eigenvalue weighted by Crippen LogP contribution is -2.14. The van der Waals surface area contributed by atoms with Crippen LogP contribution in [0.5, 0.6) is 5.75 Å². The van der Waals surface area contributed by atoms with Crippen LogP contribution in [-0.2, 0) is 13.1 Å². The van der Waals surface area contributed by atoms with E-state index in [1.807, 2.05) is 18.2 Å². The average Bonchev–Trinajstić information content (AvgIpc) is 2.48. The van der Waals surface area contributed by atoms with Crippen molar-refractivity contribution in [1.82, 2.24) is 5.32 Å². The third-order valence-electron chi connectivity index (χ3n) is 3.22. The molecule has 0 aliphatic heterocycles. The number of aryl methyl sites for hydroxylation is 1. The van der Waals surface area contributed by atoms with Crippen LogP contribution >= 0.6 is 0 Å². The first-order valence-electron chi connectivity index (χ1n) is 6.88. The Morgan fingerprint density at radius 3 is 2.40 bits per heavy atom. The minimum absolute atomic E-state index is 0.537. The van der Waals surface area contributed by atoms with Crippen molar-refractivity contribution in [3.05, 3.63) is 77.9 Å². The quantitative estimate of drug-likeness (QED) is 0.769. The van der Waals surface area contributed by atoms with E-state index in [-0.39, 0.29) is 0 Å². The van der Waals surface area contributed by atoms with Gasteiger partial charge in [0.1, 0.15) is 12.4 Å². The molecule has 1 N–H and O–H groups in total. The normalized spacial score (nSPS) is 10.2. The van der Waals surface area contributed by atoms with Crippen molar-refractivity contribution in [3.8, 4) is 5.75 Å². The summed E-state index contributed by atoms with van der Waals surface area (Å²) in [5, 5.41) is 3.47. The average molecular weight is 267 g/mol. The van der Waals surface area contributed by atoms with Crippen LogP contribution < -0.4 is 10.1 Å². The molecule has 2 nitrogen and oxygen atoms in total. The summed E-state index contributed by atoms with van der Waals surface area (Å²) in [6, 6.07) is 16.5. The van der Waals surface area contributed by atoms with Gasteiger partial charge in [-0.3, -0.25) is 0 Å². The van der Waals surface area contributed by atoms with Crippen LogP contribution in [0.2, 0.25) is 0 Å². The van der Waals surface area contributed by atoms with E-state index in [4.69, 9.17) is 4.74 Å². The molecular weight excluding hydrogens is 246 g/mol. The molecule has 0 aromatic heterocycles. The summed E-state index contributed by atoms with van der Waals surface area (Å²) >= 11 is 0. The number of ether oxygens (including phenoxy) is 1. The highest BCUT2D eigenvalue weighted by molar-refractivity contribution is 5.33. The van der Waals surface area contributed by atoms with Crippen molar-refractivity contribution in [1.29, 1.82) is 0 Å². The van der Waals surface area contributed by atoms with Crippen LogP contribution in [0, 0.1) is 6.92 Å². The molecule has 2 heteroatoms. The fourth-order valence-electron chi connectivity index (χ4n) is 2.08. The number of nitrogens with one attached hydrogen (secondary N) is 1. The van der Waals surface area contributed by atoms with Crippen LogP contribution in [0.1, 0.15) is 16.7 Å². The topological polar surface area (TPSA) is 21.3 Å². The van der Waals surface area contributed by atoms with Crippen molar-refractivity contribution in [2.24, 2.45) is 0 Å². The molecule has 0 saturated heterocycles. The maximum atomic E-state index is 5.65. The Hall–Kier alpha value is -2.06. The van der Waals surface area contributed by atoms with Gasteiger partial charge in [0.15, 0.2) is 0 Å². The Morgan fingerprint density at radius 1 is 1.00 bits per heavy atom. The Balaban J connectivity index is 1.94. The van der Waals surface area contributed by atoms with Crippen molar-refractivity contribution < 1.29 is 4.74 Å². The van der Waals surface area contributed by atoms with Crippen molar-refractivity contribution in [2.45, 2.75) is 20.0 Å². The predicted octanol–water partition coefficient (Wildman–Crippen LogP) is 3.85. The summed E-state index contributed by atoms with van der Waals surface area (Å²) in [4.78, 5) is 0. The van der Waals surface area contributed by atoms with E-state index in [0.29, 0.717) is 6.61 Å². The van der Waals surface area contributed by atoms with Gasteiger partial charge in [-0.15, -0.1) is 0 Å². The molecule has 2 rings (SSSR count). The number of para-hydroxylation sites is 1. The molecule has 0 heterocycles. The van der Waals surface area contributed by atoms with E-state index < -0.39 is 0 Å².